The molecule has 3 N–H and O–H groups in total. The monoisotopic (exact) mass is 482 g/mol. The van der Waals surface area contributed by atoms with Crippen LogP contribution >= 0.6 is 11.6 Å². The number of aromatic nitrogens is 2. The Labute approximate surface area is 207 Å². The van der Waals surface area contributed by atoms with Gasteiger partial charge in [-0.05, 0) is 69.1 Å². The summed E-state index contributed by atoms with van der Waals surface area (Å²) in [5.41, 5.74) is 2.60. The van der Waals surface area contributed by atoms with Gasteiger partial charge in [-0.1, -0.05) is 23.6 Å². The highest BCUT2D eigenvalue weighted by Gasteiger charge is 2.30. The van der Waals surface area contributed by atoms with Gasteiger partial charge in [0.2, 0.25) is 0 Å². The normalized spacial score (nSPS) is 22.1. The van der Waals surface area contributed by atoms with Crippen LogP contribution in [-0.2, 0) is 11.2 Å². The summed E-state index contributed by atoms with van der Waals surface area (Å²) in [6, 6.07) is 8.55. The van der Waals surface area contributed by atoms with Crippen LogP contribution in [0.15, 0.2) is 30.5 Å². The quantitative estimate of drug-likeness (QED) is 0.462. The lowest BCUT2D eigenvalue weighted by Crippen LogP contribution is -2.35. The molecule has 3 heterocycles. The Balaban J connectivity index is 1.40. The Kier molecular flexibility index (Phi) is 8.80. The van der Waals surface area contributed by atoms with Crippen molar-refractivity contribution in [1.29, 1.82) is 0 Å². The molecule has 1 aliphatic heterocycles. The maximum Gasteiger partial charge on any atom is 0.126 e. The average Bonchev–Trinajstić information content (AvgIpc) is 2.89. The highest BCUT2D eigenvalue weighted by molar-refractivity contribution is 6.33. The van der Waals surface area contributed by atoms with Crippen molar-refractivity contribution in [2.75, 3.05) is 38.2 Å². The average molecular weight is 483 g/mol. The van der Waals surface area contributed by atoms with Gasteiger partial charge in [0, 0.05) is 49.8 Å². The van der Waals surface area contributed by atoms with E-state index in [0.29, 0.717) is 43.3 Å². The standard InChI is InChI=1S/C27H35ClN4O2/c1-2-27(10-14-34-15-11-27)19-31-26-5-3-4-25(32-26)23-17-22(30-18-24(23)28)16-20-6-8-21(9-7-20)29-12-13-33/h1,3-5,17-18,20-21,29,33H,6-16,19H2,(H,31,32). The van der Waals surface area contributed by atoms with Crippen LogP contribution in [-0.4, -0.2) is 54.0 Å². The summed E-state index contributed by atoms with van der Waals surface area (Å²) < 4.78 is 5.48. The molecule has 0 atom stereocenters. The molecule has 2 aromatic heterocycles. The molecule has 1 aliphatic carbocycles. The van der Waals surface area contributed by atoms with Crippen LogP contribution in [0.4, 0.5) is 5.82 Å². The van der Waals surface area contributed by atoms with Gasteiger partial charge in [-0.15, -0.1) is 6.42 Å². The first-order chi connectivity index (χ1) is 16.6. The number of rotatable bonds is 9. The molecule has 0 unspecified atom stereocenters. The van der Waals surface area contributed by atoms with Crippen molar-refractivity contribution >= 4 is 17.4 Å². The summed E-state index contributed by atoms with van der Waals surface area (Å²) in [6.07, 6.45) is 14.9. The van der Waals surface area contributed by atoms with Gasteiger partial charge in [0.15, 0.2) is 0 Å². The topological polar surface area (TPSA) is 79.3 Å². The molecule has 0 radical (unpaired) electrons. The van der Waals surface area contributed by atoms with Gasteiger partial charge in [0.25, 0.3) is 0 Å². The third kappa shape index (κ3) is 6.49. The summed E-state index contributed by atoms with van der Waals surface area (Å²) in [5, 5.41) is 16.5. The minimum Gasteiger partial charge on any atom is -0.395 e. The molecule has 2 fully saturated rings. The van der Waals surface area contributed by atoms with Crippen LogP contribution in [0.2, 0.25) is 5.02 Å². The first-order valence-electron chi connectivity index (χ1n) is 12.4. The van der Waals surface area contributed by atoms with Gasteiger partial charge < -0.3 is 20.5 Å². The Hall–Kier alpha value is -2.17. The number of hydrogen-bond acceptors (Lipinski definition) is 6. The molecule has 2 aliphatic rings. The highest BCUT2D eigenvalue weighted by atomic mass is 35.5. The fraction of sp³-hybridized carbons (Fsp3) is 0.556. The van der Waals surface area contributed by atoms with E-state index in [0.717, 1.165) is 54.9 Å². The number of ether oxygens (including phenoxy) is 1. The predicted molar refractivity (Wildman–Crippen MR) is 137 cm³/mol. The van der Waals surface area contributed by atoms with E-state index in [9.17, 15) is 0 Å². The highest BCUT2D eigenvalue weighted by Crippen LogP contribution is 2.32. The number of aliphatic hydroxyl groups excluding tert-OH is 1. The molecule has 2 aromatic rings. The fourth-order valence-corrected chi connectivity index (χ4v) is 5.20. The summed E-state index contributed by atoms with van der Waals surface area (Å²) in [4.78, 5) is 9.44. The molecule has 182 valence electrons. The van der Waals surface area contributed by atoms with Gasteiger partial charge in [0.1, 0.15) is 5.82 Å². The van der Waals surface area contributed by atoms with Gasteiger partial charge in [0.05, 0.1) is 22.7 Å². The number of nitrogens with zero attached hydrogens (tertiary/aromatic N) is 2. The van der Waals surface area contributed by atoms with Gasteiger partial charge in [-0.25, -0.2) is 4.98 Å². The molecule has 1 saturated heterocycles. The second-order valence-corrected chi connectivity index (χ2v) is 9.96. The van der Waals surface area contributed by atoms with E-state index >= 15 is 0 Å². The molecule has 0 amide bonds. The molecule has 6 nitrogen and oxygen atoms in total. The van der Waals surface area contributed by atoms with Crippen molar-refractivity contribution < 1.29 is 9.84 Å². The Morgan fingerprint density at radius 3 is 2.74 bits per heavy atom. The van der Waals surface area contributed by atoms with Crippen LogP contribution in [0.1, 0.15) is 44.2 Å². The van der Waals surface area contributed by atoms with E-state index in [4.69, 9.17) is 32.9 Å². The molecular weight excluding hydrogens is 448 g/mol. The molecular formula is C27H35ClN4O2. The zero-order valence-corrected chi connectivity index (χ0v) is 20.5. The second-order valence-electron chi connectivity index (χ2n) is 9.55. The largest absolute Gasteiger partial charge is 0.395 e. The number of terminal acetylenes is 1. The number of nitrogens with one attached hydrogen (secondary N) is 2. The van der Waals surface area contributed by atoms with E-state index in [2.05, 4.69) is 27.6 Å². The lowest BCUT2D eigenvalue weighted by atomic mass is 9.81. The third-order valence-electron chi connectivity index (χ3n) is 7.19. The van der Waals surface area contributed by atoms with Crippen LogP contribution in [0, 0.1) is 23.7 Å². The summed E-state index contributed by atoms with van der Waals surface area (Å²) >= 11 is 6.54. The number of aliphatic hydroxyl groups is 1. The summed E-state index contributed by atoms with van der Waals surface area (Å²) in [7, 11) is 0. The molecule has 7 heteroatoms. The Bertz CT molecular complexity index is 979. The Morgan fingerprint density at radius 2 is 2.00 bits per heavy atom. The minimum absolute atomic E-state index is 0.190. The maximum absolute atomic E-state index is 9.01. The van der Waals surface area contributed by atoms with Crippen LogP contribution in [0.25, 0.3) is 11.3 Å². The van der Waals surface area contributed by atoms with Gasteiger partial charge in [-0.3, -0.25) is 4.98 Å². The van der Waals surface area contributed by atoms with E-state index in [-0.39, 0.29) is 12.0 Å². The first kappa shape index (κ1) is 24.9. The number of halogens is 1. The Morgan fingerprint density at radius 1 is 1.21 bits per heavy atom. The third-order valence-corrected chi connectivity index (χ3v) is 7.49. The zero-order chi connectivity index (χ0) is 23.8. The molecule has 0 spiro atoms. The van der Waals surface area contributed by atoms with Crippen molar-refractivity contribution in [3.05, 3.63) is 41.2 Å². The van der Waals surface area contributed by atoms with Gasteiger partial charge >= 0.3 is 0 Å². The van der Waals surface area contributed by atoms with Crippen LogP contribution in [0.5, 0.6) is 0 Å². The zero-order valence-electron chi connectivity index (χ0n) is 19.7. The van der Waals surface area contributed by atoms with Crippen molar-refractivity contribution in [2.24, 2.45) is 11.3 Å². The molecule has 1 saturated carbocycles. The number of hydrogen-bond donors (Lipinski definition) is 3. The number of anilines is 1. The minimum atomic E-state index is -0.190. The molecule has 0 bridgehead atoms. The second kappa shape index (κ2) is 12.0. The molecule has 4 rings (SSSR count). The van der Waals surface area contributed by atoms with E-state index < -0.39 is 0 Å². The smallest absolute Gasteiger partial charge is 0.126 e. The molecule has 0 aromatic carbocycles. The predicted octanol–water partition coefficient (Wildman–Crippen LogP) is 4.32. The van der Waals surface area contributed by atoms with Gasteiger partial charge in [-0.2, -0.15) is 0 Å². The number of pyridine rings is 2. The summed E-state index contributed by atoms with van der Waals surface area (Å²) in [6.45, 7) is 2.96. The van der Waals surface area contributed by atoms with Crippen LogP contribution < -0.4 is 10.6 Å². The lowest BCUT2D eigenvalue weighted by Gasteiger charge is -2.32. The van der Waals surface area contributed by atoms with E-state index in [1.54, 1.807) is 6.20 Å². The van der Waals surface area contributed by atoms with Crippen molar-refractivity contribution in [3.63, 3.8) is 0 Å². The lowest BCUT2D eigenvalue weighted by molar-refractivity contribution is 0.0464. The van der Waals surface area contributed by atoms with Crippen LogP contribution in [0.3, 0.4) is 0 Å². The van der Waals surface area contributed by atoms with Crippen molar-refractivity contribution in [2.45, 2.75) is 51.0 Å². The summed E-state index contributed by atoms with van der Waals surface area (Å²) in [5.74, 6) is 4.40. The fourth-order valence-electron chi connectivity index (χ4n) is 5.00. The van der Waals surface area contributed by atoms with Crippen molar-refractivity contribution in [3.8, 4) is 23.6 Å². The van der Waals surface area contributed by atoms with E-state index in [1.807, 2.05) is 18.2 Å². The maximum atomic E-state index is 9.01. The van der Waals surface area contributed by atoms with Crippen molar-refractivity contribution in [1.82, 2.24) is 15.3 Å². The SMILES string of the molecule is C#CC1(CNc2cccc(-c3cc(CC4CCC(NCCO)CC4)ncc3Cl)n2)CCOCC1. The van der Waals surface area contributed by atoms with E-state index in [1.165, 1.54) is 12.8 Å². The molecule has 34 heavy (non-hydrogen) atoms. The first-order valence-corrected chi connectivity index (χ1v) is 12.7.